The van der Waals surface area contributed by atoms with Crippen molar-refractivity contribution in [2.75, 3.05) is 17.7 Å². The highest BCUT2D eigenvalue weighted by atomic mass is 35.5. The Morgan fingerprint density at radius 1 is 1.14 bits per heavy atom. The molecule has 0 radical (unpaired) electrons. The summed E-state index contributed by atoms with van der Waals surface area (Å²) in [7, 11) is 1.57. The molecule has 35 heavy (non-hydrogen) atoms. The van der Waals surface area contributed by atoms with E-state index in [0.29, 0.717) is 0 Å². The van der Waals surface area contributed by atoms with E-state index in [1.807, 2.05) is 0 Å². The number of nitrogens with one attached hydrogen (secondary N) is 2. The van der Waals surface area contributed by atoms with Gasteiger partial charge in [0.2, 0.25) is 5.91 Å². The van der Waals surface area contributed by atoms with Crippen molar-refractivity contribution in [3.8, 4) is 0 Å². The molecule has 0 aliphatic heterocycles. The summed E-state index contributed by atoms with van der Waals surface area (Å²) >= 11 is 12.9. The Morgan fingerprint density at radius 2 is 1.86 bits per heavy atom. The van der Waals surface area contributed by atoms with Crippen LogP contribution in [-0.2, 0) is 18.0 Å². The summed E-state index contributed by atoms with van der Waals surface area (Å²) < 4.78 is 40.2. The lowest BCUT2D eigenvalue weighted by Gasteiger charge is -2.16. The summed E-state index contributed by atoms with van der Waals surface area (Å²) in [6, 6.07) is 8.10. The number of halogens is 5. The first-order valence-electron chi connectivity index (χ1n) is 9.86. The second-order valence-electron chi connectivity index (χ2n) is 7.12. The molecule has 8 nitrogen and oxygen atoms in total. The van der Waals surface area contributed by atoms with E-state index < -0.39 is 36.2 Å². The Labute approximate surface area is 211 Å². The van der Waals surface area contributed by atoms with Gasteiger partial charge in [-0.05, 0) is 30.3 Å². The standard InChI is InChI=1S/C21H18Cl2F3N5O3S/c1-31-18(16(9-32)28-19(34)12-4-2-3-5-13(12)22)29-30-20(31)35-10-17(33)27-15-8-11(21(24,25)26)6-7-14(15)23/h2-8,16,32H,9-10H2,1H3,(H,27,33)(H,28,34). The average Bonchev–Trinajstić information content (AvgIpc) is 3.17. The Bertz CT molecular complexity index is 1240. The van der Waals surface area contributed by atoms with Gasteiger partial charge < -0.3 is 20.3 Å². The van der Waals surface area contributed by atoms with Crippen molar-refractivity contribution >= 4 is 52.5 Å². The topological polar surface area (TPSA) is 109 Å². The van der Waals surface area contributed by atoms with Gasteiger partial charge in [-0.3, -0.25) is 9.59 Å². The summed E-state index contributed by atoms with van der Waals surface area (Å²) in [6.07, 6.45) is -4.58. The second kappa shape index (κ2) is 11.3. The number of alkyl halides is 3. The van der Waals surface area contributed by atoms with Crippen LogP contribution in [0.4, 0.5) is 18.9 Å². The molecular weight excluding hydrogens is 530 g/mol. The van der Waals surface area contributed by atoms with Crippen LogP contribution in [0.3, 0.4) is 0 Å². The monoisotopic (exact) mass is 547 g/mol. The minimum absolute atomic E-state index is 0.0441. The number of anilines is 1. The molecule has 3 rings (SSSR count). The maximum atomic E-state index is 12.9. The van der Waals surface area contributed by atoms with Gasteiger partial charge in [-0.25, -0.2) is 0 Å². The number of amides is 2. The molecule has 14 heteroatoms. The van der Waals surface area contributed by atoms with Gasteiger partial charge in [0.05, 0.1) is 39.2 Å². The van der Waals surface area contributed by atoms with Gasteiger partial charge in [-0.2, -0.15) is 13.2 Å². The smallest absolute Gasteiger partial charge is 0.394 e. The first-order valence-corrected chi connectivity index (χ1v) is 11.6. The number of benzene rings is 2. The predicted octanol–water partition coefficient (Wildman–Crippen LogP) is 4.33. The van der Waals surface area contributed by atoms with E-state index in [1.165, 1.54) is 10.6 Å². The quantitative estimate of drug-likeness (QED) is 0.362. The third-order valence-electron chi connectivity index (χ3n) is 4.69. The summed E-state index contributed by atoms with van der Waals surface area (Å²) in [5.41, 5.74) is -0.903. The minimum atomic E-state index is -4.58. The van der Waals surface area contributed by atoms with Crippen LogP contribution >= 0.6 is 35.0 Å². The Balaban J connectivity index is 1.65. The molecule has 0 aliphatic carbocycles. The van der Waals surface area contributed by atoms with Gasteiger partial charge in [0.15, 0.2) is 11.0 Å². The van der Waals surface area contributed by atoms with Crippen LogP contribution in [0.15, 0.2) is 47.6 Å². The molecule has 3 N–H and O–H groups in total. The van der Waals surface area contributed by atoms with Crippen molar-refractivity contribution in [2.24, 2.45) is 7.05 Å². The van der Waals surface area contributed by atoms with Gasteiger partial charge in [-0.15, -0.1) is 10.2 Å². The summed E-state index contributed by atoms with van der Waals surface area (Å²) in [5.74, 6) is -1.14. The van der Waals surface area contributed by atoms with Crippen LogP contribution in [0.25, 0.3) is 0 Å². The fourth-order valence-electron chi connectivity index (χ4n) is 2.94. The molecule has 3 aromatic rings. The van der Waals surface area contributed by atoms with Crippen LogP contribution in [0, 0.1) is 0 Å². The number of nitrogens with zero attached hydrogens (tertiary/aromatic N) is 3. The highest BCUT2D eigenvalue weighted by Gasteiger charge is 2.31. The molecule has 0 bridgehead atoms. The number of hydrogen-bond donors (Lipinski definition) is 3. The molecule has 2 amide bonds. The number of hydrogen-bond acceptors (Lipinski definition) is 6. The van der Waals surface area contributed by atoms with E-state index >= 15 is 0 Å². The Hall–Kier alpha value is -2.80. The molecule has 0 saturated heterocycles. The van der Waals surface area contributed by atoms with Crippen molar-refractivity contribution < 1.29 is 27.9 Å². The number of rotatable bonds is 8. The average molecular weight is 548 g/mol. The number of carbonyl (C=O) groups excluding carboxylic acids is 2. The van der Waals surface area contributed by atoms with Gasteiger partial charge in [0.1, 0.15) is 6.04 Å². The van der Waals surface area contributed by atoms with Crippen LogP contribution < -0.4 is 10.6 Å². The van der Waals surface area contributed by atoms with Crippen LogP contribution in [-0.4, -0.2) is 44.0 Å². The van der Waals surface area contributed by atoms with Crippen molar-refractivity contribution in [1.29, 1.82) is 0 Å². The molecule has 0 spiro atoms. The number of carbonyl (C=O) groups is 2. The van der Waals surface area contributed by atoms with E-state index in [-0.39, 0.29) is 38.0 Å². The second-order valence-corrected chi connectivity index (χ2v) is 8.87. The maximum absolute atomic E-state index is 12.9. The number of aliphatic hydroxyl groups excluding tert-OH is 1. The normalized spacial score (nSPS) is 12.3. The summed E-state index contributed by atoms with van der Waals surface area (Å²) in [4.78, 5) is 24.8. The van der Waals surface area contributed by atoms with Crippen molar-refractivity contribution in [3.05, 3.63) is 69.5 Å². The first-order chi connectivity index (χ1) is 16.5. The lowest BCUT2D eigenvalue weighted by molar-refractivity contribution is -0.137. The molecular formula is C21H18Cl2F3N5O3S. The highest BCUT2D eigenvalue weighted by molar-refractivity contribution is 7.99. The molecule has 1 atom stereocenters. The van der Waals surface area contributed by atoms with Gasteiger partial charge in [0.25, 0.3) is 5.91 Å². The Morgan fingerprint density at radius 3 is 2.51 bits per heavy atom. The highest BCUT2D eigenvalue weighted by Crippen LogP contribution is 2.34. The molecule has 1 unspecified atom stereocenters. The SMILES string of the molecule is Cn1c(SCC(=O)Nc2cc(C(F)(F)F)ccc2Cl)nnc1C(CO)NC(=O)c1ccccc1Cl. The largest absolute Gasteiger partial charge is 0.416 e. The fraction of sp³-hybridized carbons (Fsp3) is 0.238. The van der Waals surface area contributed by atoms with E-state index in [0.717, 1.165) is 30.0 Å². The van der Waals surface area contributed by atoms with Gasteiger partial charge in [-0.1, -0.05) is 47.1 Å². The molecule has 0 aliphatic rings. The molecule has 186 valence electrons. The Kier molecular flexibility index (Phi) is 8.65. The molecule has 1 aromatic heterocycles. The van der Waals surface area contributed by atoms with Gasteiger partial charge >= 0.3 is 6.18 Å². The maximum Gasteiger partial charge on any atom is 0.416 e. The lowest BCUT2D eigenvalue weighted by atomic mass is 10.2. The predicted molar refractivity (Wildman–Crippen MR) is 126 cm³/mol. The van der Waals surface area contributed by atoms with Gasteiger partial charge in [0, 0.05) is 7.05 Å². The van der Waals surface area contributed by atoms with E-state index in [9.17, 15) is 27.9 Å². The van der Waals surface area contributed by atoms with Crippen molar-refractivity contribution in [1.82, 2.24) is 20.1 Å². The zero-order valence-electron chi connectivity index (χ0n) is 17.9. The minimum Gasteiger partial charge on any atom is -0.394 e. The van der Waals surface area contributed by atoms with Crippen LogP contribution in [0.5, 0.6) is 0 Å². The van der Waals surface area contributed by atoms with Crippen molar-refractivity contribution in [2.45, 2.75) is 17.4 Å². The zero-order valence-corrected chi connectivity index (χ0v) is 20.3. The van der Waals surface area contributed by atoms with E-state index in [4.69, 9.17) is 23.2 Å². The first kappa shape index (κ1) is 26.8. The van der Waals surface area contributed by atoms with Crippen LogP contribution in [0.1, 0.15) is 27.8 Å². The van der Waals surface area contributed by atoms with Crippen LogP contribution in [0.2, 0.25) is 10.0 Å². The zero-order chi connectivity index (χ0) is 25.8. The van der Waals surface area contributed by atoms with E-state index in [1.54, 1.807) is 25.2 Å². The summed E-state index contributed by atoms with van der Waals surface area (Å²) in [5, 5.41) is 23.1. The molecule has 1 heterocycles. The fourth-order valence-corrected chi connectivity index (χ4v) is 4.05. The molecule has 2 aromatic carbocycles. The summed E-state index contributed by atoms with van der Waals surface area (Å²) in [6.45, 7) is -0.485. The number of aromatic nitrogens is 3. The van der Waals surface area contributed by atoms with E-state index in [2.05, 4.69) is 20.8 Å². The lowest BCUT2D eigenvalue weighted by Crippen LogP contribution is -2.32. The van der Waals surface area contributed by atoms with Crippen molar-refractivity contribution in [3.63, 3.8) is 0 Å². The molecule has 0 fully saturated rings. The third kappa shape index (κ3) is 6.66. The number of aliphatic hydroxyl groups is 1. The third-order valence-corrected chi connectivity index (χ3v) is 6.37. The number of thioether (sulfide) groups is 1. The molecule has 0 saturated carbocycles.